The van der Waals surface area contributed by atoms with Crippen molar-refractivity contribution in [1.29, 1.82) is 0 Å². The van der Waals surface area contributed by atoms with Crippen LogP contribution in [0.1, 0.15) is 0 Å². The molecule has 54 valence electrons. The summed E-state index contributed by atoms with van der Waals surface area (Å²) in [6, 6.07) is 0. The summed E-state index contributed by atoms with van der Waals surface area (Å²) >= 11 is -8.17. The first-order valence-electron chi connectivity index (χ1n) is 1.22. The molecule has 0 unspecified atom stereocenters. The van der Waals surface area contributed by atoms with Gasteiger partial charge in [-0.15, -0.1) is 0 Å². The number of hydrogen-bond acceptors (Lipinski definition) is 6. The molecule has 0 aromatic heterocycles. The van der Waals surface area contributed by atoms with E-state index in [1.54, 1.807) is 0 Å². The summed E-state index contributed by atoms with van der Waals surface area (Å²) in [6.07, 6.45) is 0. The smallest absolute Gasteiger partial charge is 4.00 e. The topological polar surface area (TPSA) is 155 Å². The van der Waals surface area contributed by atoms with Gasteiger partial charge in [-0.05, 0) is 0 Å². The van der Waals surface area contributed by atoms with E-state index in [4.69, 9.17) is 21.4 Å². The van der Waals surface area contributed by atoms with E-state index in [-0.39, 0.29) is 27.2 Å². The fourth-order valence-corrected chi connectivity index (χ4v) is 0. The molecule has 10 heteroatoms. The van der Waals surface area contributed by atoms with Crippen molar-refractivity contribution < 1.29 is 85.8 Å². The van der Waals surface area contributed by atoms with Crippen molar-refractivity contribution in [1.82, 2.24) is 0 Å². The molecule has 0 amide bonds. The van der Waals surface area contributed by atoms with Gasteiger partial charge in [-0.1, -0.05) is 0 Å². The van der Waals surface area contributed by atoms with Gasteiger partial charge >= 0.3 is 80.4 Å². The van der Waals surface area contributed by atoms with Crippen LogP contribution in [-0.2, 0) is 71.1 Å². The molecule has 0 rings (SSSR count). The Hall–Kier alpha value is 1.54. The van der Waals surface area contributed by atoms with Crippen LogP contribution in [0.3, 0.4) is 0 Å². The van der Waals surface area contributed by atoms with Crippen LogP contribution in [0.15, 0.2) is 0 Å². The molecule has 0 aliphatic rings. The predicted molar refractivity (Wildman–Crippen MR) is 2.06 cm³/mol. The summed E-state index contributed by atoms with van der Waals surface area (Å²) in [5, 5.41) is 0. The SMILES string of the molecule is [O].[O]=[Ti]([O-])[O-].[O]=[Ti]([O-])[O-].[Ti+4]. The van der Waals surface area contributed by atoms with Crippen LogP contribution in [0.2, 0.25) is 0 Å². The van der Waals surface area contributed by atoms with E-state index >= 15 is 0 Å². The summed E-state index contributed by atoms with van der Waals surface area (Å²) in [6.45, 7) is 0. The van der Waals surface area contributed by atoms with E-state index in [0.717, 1.165) is 0 Å². The summed E-state index contributed by atoms with van der Waals surface area (Å²) in [5.41, 5.74) is 0. The summed E-state index contributed by atoms with van der Waals surface area (Å²) < 4.78 is 51.5. The van der Waals surface area contributed by atoms with E-state index in [2.05, 4.69) is 0 Å². The van der Waals surface area contributed by atoms with Crippen LogP contribution < -0.4 is 14.8 Å². The molecule has 0 aromatic rings. The molecule has 0 fully saturated rings. The fourth-order valence-electron chi connectivity index (χ4n) is 0. The van der Waals surface area contributed by atoms with Crippen molar-refractivity contribution in [3.8, 4) is 0 Å². The quantitative estimate of drug-likeness (QED) is 0.394. The molecule has 0 heterocycles. The average molecular weight is 256 g/mol. The molecule has 0 saturated carbocycles. The Bertz CT molecular complexity index is 66.9. The Morgan fingerprint density at radius 3 is 0.800 bits per heavy atom. The Morgan fingerprint density at radius 1 is 0.800 bits per heavy atom. The van der Waals surface area contributed by atoms with Crippen molar-refractivity contribution >= 4 is 0 Å². The zero-order chi connectivity index (χ0) is 7.15. The van der Waals surface area contributed by atoms with E-state index in [1.165, 1.54) is 0 Å². The van der Waals surface area contributed by atoms with Gasteiger partial charge in [0.25, 0.3) is 0 Å². The van der Waals surface area contributed by atoms with Crippen molar-refractivity contribution in [2.75, 3.05) is 0 Å². The molecule has 0 aliphatic heterocycles. The second-order valence-electron chi connectivity index (χ2n) is 0.500. The minimum atomic E-state index is -4.08. The first-order chi connectivity index (χ1) is 3.46. The van der Waals surface area contributed by atoms with Gasteiger partial charge in [-0.25, -0.2) is 0 Å². The van der Waals surface area contributed by atoms with Crippen molar-refractivity contribution in [2.45, 2.75) is 0 Å². The Morgan fingerprint density at radius 2 is 0.800 bits per heavy atom. The normalized spacial score (nSPS) is 5.20. The first-order valence-corrected chi connectivity index (χ1v) is 5.05. The van der Waals surface area contributed by atoms with Gasteiger partial charge in [-0.2, -0.15) is 0 Å². The Balaban J connectivity index is -0.0000000300. The van der Waals surface area contributed by atoms with Gasteiger partial charge in [0.1, 0.15) is 0 Å². The second-order valence-corrected chi connectivity index (χ2v) is 2.06. The molecular weight excluding hydrogens is 256 g/mol. The summed E-state index contributed by atoms with van der Waals surface area (Å²) in [4.78, 5) is 0. The molecule has 10 heavy (non-hydrogen) atoms. The Labute approximate surface area is 85.1 Å². The maximum absolute atomic E-state index is 8.58. The minimum Gasteiger partial charge on any atom is 4.00 e. The van der Waals surface area contributed by atoms with Crippen LogP contribution >= 0.6 is 0 Å². The first kappa shape index (κ1) is 22.6. The van der Waals surface area contributed by atoms with E-state index in [0.29, 0.717) is 0 Å². The molecule has 2 radical (unpaired) electrons. The zero-order valence-electron chi connectivity index (χ0n) is 4.36. The second kappa shape index (κ2) is 16.9. The molecule has 0 aliphatic carbocycles. The van der Waals surface area contributed by atoms with Crippen LogP contribution in [0.5, 0.6) is 0 Å². The summed E-state index contributed by atoms with van der Waals surface area (Å²) in [5.74, 6) is 0. The third-order valence-electron chi connectivity index (χ3n) is 0. The van der Waals surface area contributed by atoms with Gasteiger partial charge < -0.3 is 0 Å². The van der Waals surface area contributed by atoms with E-state index in [1.807, 2.05) is 0 Å². The third-order valence-corrected chi connectivity index (χ3v) is 0. The van der Waals surface area contributed by atoms with Crippen LogP contribution in [0.25, 0.3) is 0 Å². The fraction of sp³-hybridized carbons (Fsp3) is 0. The third kappa shape index (κ3) is 293. The van der Waals surface area contributed by atoms with Gasteiger partial charge in [0, 0.05) is 5.48 Å². The maximum atomic E-state index is 8.58. The Kier molecular flexibility index (Phi) is 38.1. The van der Waals surface area contributed by atoms with Crippen molar-refractivity contribution in [2.24, 2.45) is 0 Å². The summed E-state index contributed by atoms with van der Waals surface area (Å²) in [7, 11) is 0. The van der Waals surface area contributed by atoms with Gasteiger partial charge in [0.05, 0.1) is 0 Å². The van der Waals surface area contributed by atoms with E-state index in [9.17, 15) is 0 Å². The van der Waals surface area contributed by atoms with Crippen molar-refractivity contribution in [3.63, 3.8) is 0 Å². The predicted octanol–water partition coefficient (Wildman–Crippen LogP) is -5.12. The molecule has 0 bridgehead atoms. The maximum Gasteiger partial charge on any atom is 4.00 e. The molecular formula is O7Ti3. The van der Waals surface area contributed by atoms with Gasteiger partial charge in [0.15, 0.2) is 0 Å². The number of hydrogen-bond donors (Lipinski definition) is 0. The van der Waals surface area contributed by atoms with Gasteiger partial charge in [-0.3, -0.25) is 0 Å². The molecule has 0 saturated heterocycles. The average Bonchev–Trinajstić information content (AvgIpc) is 1.25. The van der Waals surface area contributed by atoms with Crippen LogP contribution in [0.4, 0.5) is 0 Å². The van der Waals surface area contributed by atoms with Gasteiger partial charge in [0.2, 0.25) is 0 Å². The van der Waals surface area contributed by atoms with Crippen LogP contribution in [-0.4, -0.2) is 0 Å². The van der Waals surface area contributed by atoms with Crippen LogP contribution in [0, 0.1) is 0 Å². The molecule has 0 aromatic carbocycles. The largest absolute Gasteiger partial charge is 4.00 e. The van der Waals surface area contributed by atoms with Crippen molar-refractivity contribution in [3.05, 3.63) is 0 Å². The monoisotopic (exact) mass is 256 g/mol. The minimum absolute atomic E-state index is 0. The number of rotatable bonds is 0. The standard InChI is InChI=1S/7O.3Ti/q;;;4*-1;;;+4. The van der Waals surface area contributed by atoms with E-state index < -0.39 is 37.2 Å². The molecule has 0 N–H and O–H groups in total. The molecule has 0 atom stereocenters. The zero-order valence-corrected chi connectivity index (χ0v) is 9.04. The molecule has 7 nitrogen and oxygen atoms in total. The molecule has 0 spiro atoms.